The van der Waals surface area contributed by atoms with Crippen LogP contribution in [0.2, 0.25) is 0 Å². The molecule has 1 saturated heterocycles. The van der Waals surface area contributed by atoms with Gasteiger partial charge < -0.3 is 10.2 Å². The van der Waals surface area contributed by atoms with Gasteiger partial charge in [-0.1, -0.05) is 0 Å². The first-order chi connectivity index (χ1) is 5.08. The molecule has 1 aliphatic rings. The molecule has 0 saturated carbocycles. The van der Waals surface area contributed by atoms with Crippen LogP contribution in [-0.4, -0.2) is 37.1 Å². The molecule has 2 heteroatoms. The highest BCUT2D eigenvalue weighted by Crippen LogP contribution is 2.24. The maximum atomic E-state index is 3.37. The normalized spacial score (nSPS) is 27.8. The van der Waals surface area contributed by atoms with Gasteiger partial charge in [-0.05, 0) is 47.3 Å². The standard InChI is InChI=1S/C9H20N2/c1-9(2,10-3)8-6-5-7-11(8)4/h8,10H,5-7H2,1-4H3. The van der Waals surface area contributed by atoms with Crippen molar-refractivity contribution in [2.45, 2.75) is 38.3 Å². The Morgan fingerprint density at radius 2 is 2.09 bits per heavy atom. The van der Waals surface area contributed by atoms with Crippen LogP contribution in [-0.2, 0) is 0 Å². The summed E-state index contributed by atoms with van der Waals surface area (Å²) in [4.78, 5) is 2.45. The van der Waals surface area contributed by atoms with Crippen LogP contribution in [0.3, 0.4) is 0 Å². The van der Waals surface area contributed by atoms with Gasteiger partial charge in [0.05, 0.1) is 0 Å². The van der Waals surface area contributed by atoms with Crippen molar-refractivity contribution in [3.63, 3.8) is 0 Å². The first-order valence-electron chi connectivity index (χ1n) is 4.47. The van der Waals surface area contributed by atoms with Gasteiger partial charge >= 0.3 is 0 Å². The van der Waals surface area contributed by atoms with E-state index in [2.05, 4.69) is 31.1 Å². The molecule has 0 aromatic rings. The Morgan fingerprint density at radius 3 is 2.45 bits per heavy atom. The topological polar surface area (TPSA) is 15.3 Å². The van der Waals surface area contributed by atoms with Gasteiger partial charge in [-0.15, -0.1) is 0 Å². The Labute approximate surface area is 70.0 Å². The van der Waals surface area contributed by atoms with Gasteiger partial charge in [0.15, 0.2) is 0 Å². The van der Waals surface area contributed by atoms with Crippen molar-refractivity contribution in [2.75, 3.05) is 20.6 Å². The largest absolute Gasteiger partial charge is 0.313 e. The maximum Gasteiger partial charge on any atom is 0.0277 e. The lowest BCUT2D eigenvalue weighted by Crippen LogP contribution is -2.52. The minimum atomic E-state index is 0.269. The molecule has 1 atom stereocenters. The van der Waals surface area contributed by atoms with Crippen LogP contribution in [0.15, 0.2) is 0 Å². The molecule has 0 aliphatic carbocycles. The molecule has 0 aromatic heterocycles. The molecular weight excluding hydrogens is 136 g/mol. The van der Waals surface area contributed by atoms with Gasteiger partial charge in [0.2, 0.25) is 0 Å². The fourth-order valence-corrected chi connectivity index (χ4v) is 1.99. The van der Waals surface area contributed by atoms with E-state index in [4.69, 9.17) is 0 Å². The van der Waals surface area contributed by atoms with Gasteiger partial charge in [-0.3, -0.25) is 0 Å². The number of nitrogens with one attached hydrogen (secondary N) is 1. The van der Waals surface area contributed by atoms with Crippen molar-refractivity contribution < 1.29 is 0 Å². The summed E-state index contributed by atoms with van der Waals surface area (Å²) in [5.74, 6) is 0. The third-order valence-corrected chi connectivity index (χ3v) is 3.00. The Morgan fingerprint density at radius 1 is 1.45 bits per heavy atom. The van der Waals surface area contributed by atoms with Crippen LogP contribution in [0.1, 0.15) is 26.7 Å². The lowest BCUT2D eigenvalue weighted by Gasteiger charge is -2.35. The van der Waals surface area contributed by atoms with E-state index in [-0.39, 0.29) is 5.54 Å². The van der Waals surface area contributed by atoms with E-state index in [1.807, 2.05) is 7.05 Å². The summed E-state index contributed by atoms with van der Waals surface area (Å²) >= 11 is 0. The fourth-order valence-electron chi connectivity index (χ4n) is 1.99. The van der Waals surface area contributed by atoms with E-state index >= 15 is 0 Å². The van der Waals surface area contributed by atoms with Gasteiger partial charge in [-0.25, -0.2) is 0 Å². The summed E-state index contributed by atoms with van der Waals surface area (Å²) in [6.45, 7) is 5.81. The average Bonchev–Trinajstić information content (AvgIpc) is 2.36. The molecule has 0 bridgehead atoms. The molecule has 1 N–H and O–H groups in total. The van der Waals surface area contributed by atoms with E-state index in [0.29, 0.717) is 6.04 Å². The molecule has 66 valence electrons. The minimum Gasteiger partial charge on any atom is -0.313 e. The van der Waals surface area contributed by atoms with Crippen LogP contribution in [0.5, 0.6) is 0 Å². The van der Waals surface area contributed by atoms with Crippen LogP contribution >= 0.6 is 0 Å². The van der Waals surface area contributed by atoms with Crippen molar-refractivity contribution in [1.82, 2.24) is 10.2 Å². The number of likely N-dealkylation sites (N-methyl/N-ethyl adjacent to an activating group) is 2. The number of hydrogen-bond donors (Lipinski definition) is 1. The molecular formula is C9H20N2. The Bertz CT molecular complexity index is 132. The summed E-state index contributed by atoms with van der Waals surface area (Å²) in [5, 5.41) is 3.37. The van der Waals surface area contributed by atoms with E-state index in [9.17, 15) is 0 Å². The van der Waals surface area contributed by atoms with Crippen molar-refractivity contribution in [3.05, 3.63) is 0 Å². The zero-order chi connectivity index (χ0) is 8.48. The second kappa shape index (κ2) is 3.11. The van der Waals surface area contributed by atoms with E-state index in [1.54, 1.807) is 0 Å². The Kier molecular flexibility index (Phi) is 2.55. The number of likely N-dealkylation sites (tertiary alicyclic amines) is 1. The minimum absolute atomic E-state index is 0.269. The van der Waals surface area contributed by atoms with Crippen molar-refractivity contribution >= 4 is 0 Å². The molecule has 1 fully saturated rings. The smallest absolute Gasteiger partial charge is 0.0277 e. The highest BCUT2D eigenvalue weighted by molar-refractivity contribution is 4.94. The zero-order valence-electron chi connectivity index (χ0n) is 8.15. The average molecular weight is 156 g/mol. The molecule has 0 aromatic carbocycles. The van der Waals surface area contributed by atoms with E-state index in [1.165, 1.54) is 19.4 Å². The Hall–Kier alpha value is -0.0800. The van der Waals surface area contributed by atoms with Gasteiger partial charge in [-0.2, -0.15) is 0 Å². The first kappa shape index (κ1) is 9.01. The lowest BCUT2D eigenvalue weighted by molar-refractivity contribution is 0.192. The van der Waals surface area contributed by atoms with Crippen molar-refractivity contribution in [3.8, 4) is 0 Å². The predicted molar refractivity (Wildman–Crippen MR) is 48.8 cm³/mol. The molecule has 1 rings (SSSR count). The van der Waals surface area contributed by atoms with Crippen molar-refractivity contribution in [1.29, 1.82) is 0 Å². The fraction of sp³-hybridized carbons (Fsp3) is 1.00. The predicted octanol–water partition coefficient (Wildman–Crippen LogP) is 1.08. The monoisotopic (exact) mass is 156 g/mol. The van der Waals surface area contributed by atoms with Gasteiger partial charge in [0, 0.05) is 11.6 Å². The molecule has 1 unspecified atom stereocenters. The molecule has 11 heavy (non-hydrogen) atoms. The second-order valence-electron chi connectivity index (χ2n) is 4.11. The van der Waals surface area contributed by atoms with E-state index < -0.39 is 0 Å². The van der Waals surface area contributed by atoms with Gasteiger partial charge in [0.1, 0.15) is 0 Å². The van der Waals surface area contributed by atoms with Crippen LogP contribution in [0, 0.1) is 0 Å². The summed E-state index contributed by atoms with van der Waals surface area (Å²) in [7, 11) is 4.27. The highest BCUT2D eigenvalue weighted by atomic mass is 15.2. The Balaban J connectivity index is 2.58. The van der Waals surface area contributed by atoms with Crippen LogP contribution in [0.4, 0.5) is 0 Å². The van der Waals surface area contributed by atoms with Gasteiger partial charge in [0.25, 0.3) is 0 Å². The first-order valence-corrected chi connectivity index (χ1v) is 4.47. The summed E-state index contributed by atoms with van der Waals surface area (Å²) in [6.07, 6.45) is 2.69. The third-order valence-electron chi connectivity index (χ3n) is 3.00. The third kappa shape index (κ3) is 1.74. The lowest BCUT2D eigenvalue weighted by atomic mass is 9.93. The maximum absolute atomic E-state index is 3.37. The molecule has 0 radical (unpaired) electrons. The second-order valence-corrected chi connectivity index (χ2v) is 4.11. The highest BCUT2D eigenvalue weighted by Gasteiger charge is 2.33. The zero-order valence-corrected chi connectivity index (χ0v) is 8.15. The molecule has 0 spiro atoms. The number of nitrogens with zero attached hydrogens (tertiary/aromatic N) is 1. The number of hydrogen-bond acceptors (Lipinski definition) is 2. The summed E-state index contributed by atoms with van der Waals surface area (Å²) in [5.41, 5.74) is 0.269. The van der Waals surface area contributed by atoms with Crippen LogP contribution < -0.4 is 5.32 Å². The molecule has 0 amide bonds. The van der Waals surface area contributed by atoms with Crippen molar-refractivity contribution in [2.24, 2.45) is 0 Å². The summed E-state index contributed by atoms with van der Waals surface area (Å²) < 4.78 is 0. The summed E-state index contributed by atoms with van der Waals surface area (Å²) in [6, 6.07) is 0.715. The van der Waals surface area contributed by atoms with Crippen LogP contribution in [0.25, 0.3) is 0 Å². The SMILES string of the molecule is CNC(C)(C)C1CCCN1C. The molecule has 1 heterocycles. The quantitative estimate of drug-likeness (QED) is 0.643. The molecule has 2 nitrogen and oxygen atoms in total. The molecule has 1 aliphatic heterocycles. The van der Waals surface area contributed by atoms with E-state index in [0.717, 1.165) is 0 Å². The number of rotatable bonds is 2.